The van der Waals surface area contributed by atoms with E-state index in [1.54, 1.807) is 0 Å². The van der Waals surface area contributed by atoms with Gasteiger partial charge in [0, 0.05) is 37.7 Å². The van der Waals surface area contributed by atoms with Crippen molar-refractivity contribution < 1.29 is 4.79 Å². The zero-order valence-electron chi connectivity index (χ0n) is 14.7. The molecule has 1 amide bonds. The molecule has 0 spiro atoms. The number of benzene rings is 2. The first-order chi connectivity index (χ1) is 13.2. The Morgan fingerprint density at radius 2 is 1.70 bits per heavy atom. The standard InChI is InChI=1S/C20H19ClN4OS/c21-17-9-5-4-8-16(17)14-24-10-12-25(13-11-24)20(26)18-19(27-23-22-18)15-6-2-1-3-7-15/h1-9H,10-14H2. The molecule has 0 bridgehead atoms. The van der Waals surface area contributed by atoms with Crippen LogP contribution in [0.15, 0.2) is 54.6 Å². The minimum absolute atomic E-state index is 0.0417. The van der Waals surface area contributed by atoms with Crippen LogP contribution in [0.2, 0.25) is 5.02 Å². The van der Waals surface area contributed by atoms with Gasteiger partial charge >= 0.3 is 0 Å². The molecule has 0 saturated carbocycles. The first kappa shape index (κ1) is 18.1. The zero-order chi connectivity index (χ0) is 18.6. The Kier molecular flexibility index (Phi) is 5.48. The van der Waals surface area contributed by atoms with E-state index in [-0.39, 0.29) is 5.91 Å². The summed E-state index contributed by atoms with van der Waals surface area (Å²) in [4.78, 5) is 18.0. The number of aromatic nitrogens is 2. The normalized spacial score (nSPS) is 15.1. The number of halogens is 1. The third kappa shape index (κ3) is 4.03. The first-order valence-electron chi connectivity index (χ1n) is 8.85. The van der Waals surface area contributed by atoms with E-state index in [0.29, 0.717) is 18.8 Å². The van der Waals surface area contributed by atoms with Gasteiger partial charge in [-0.1, -0.05) is 64.6 Å². The van der Waals surface area contributed by atoms with E-state index in [4.69, 9.17) is 11.6 Å². The van der Waals surface area contributed by atoms with E-state index in [0.717, 1.165) is 40.7 Å². The van der Waals surface area contributed by atoms with Gasteiger partial charge in [-0.2, -0.15) is 0 Å². The molecule has 0 aliphatic carbocycles. The second-order valence-electron chi connectivity index (χ2n) is 6.48. The number of amides is 1. The summed E-state index contributed by atoms with van der Waals surface area (Å²) in [6, 6.07) is 17.7. The van der Waals surface area contributed by atoms with E-state index in [1.165, 1.54) is 11.5 Å². The quantitative estimate of drug-likeness (QED) is 0.670. The molecule has 1 aliphatic rings. The topological polar surface area (TPSA) is 49.3 Å². The van der Waals surface area contributed by atoms with E-state index >= 15 is 0 Å². The Bertz CT molecular complexity index is 922. The van der Waals surface area contributed by atoms with Gasteiger partial charge in [-0.25, -0.2) is 0 Å². The largest absolute Gasteiger partial charge is 0.335 e. The van der Waals surface area contributed by atoms with Gasteiger partial charge in [0.25, 0.3) is 5.91 Å². The lowest BCUT2D eigenvalue weighted by Gasteiger charge is -2.34. The highest BCUT2D eigenvalue weighted by atomic mass is 35.5. The highest BCUT2D eigenvalue weighted by Gasteiger charge is 2.27. The predicted octanol–water partition coefficient (Wildman–Crippen LogP) is 3.82. The van der Waals surface area contributed by atoms with Crippen molar-refractivity contribution in [1.29, 1.82) is 0 Å². The number of nitrogens with zero attached hydrogens (tertiary/aromatic N) is 4. The van der Waals surface area contributed by atoms with Gasteiger partial charge < -0.3 is 4.90 Å². The maximum absolute atomic E-state index is 13.0. The van der Waals surface area contributed by atoms with Crippen LogP contribution in [0, 0.1) is 0 Å². The van der Waals surface area contributed by atoms with Gasteiger partial charge in [-0.15, -0.1) is 5.10 Å². The molecule has 138 valence electrons. The minimum Gasteiger partial charge on any atom is -0.335 e. The predicted molar refractivity (Wildman–Crippen MR) is 108 cm³/mol. The van der Waals surface area contributed by atoms with Crippen molar-refractivity contribution in [2.24, 2.45) is 0 Å². The van der Waals surface area contributed by atoms with Crippen molar-refractivity contribution in [2.45, 2.75) is 6.54 Å². The number of piperazine rings is 1. The summed E-state index contributed by atoms with van der Waals surface area (Å²) in [5.41, 5.74) is 2.55. The molecule has 1 aliphatic heterocycles. The van der Waals surface area contributed by atoms with Gasteiger partial charge in [0.1, 0.15) is 0 Å². The highest BCUT2D eigenvalue weighted by Crippen LogP contribution is 2.27. The Morgan fingerprint density at radius 3 is 2.44 bits per heavy atom. The van der Waals surface area contributed by atoms with Crippen LogP contribution < -0.4 is 0 Å². The van der Waals surface area contributed by atoms with E-state index in [2.05, 4.69) is 14.5 Å². The second-order valence-corrected chi connectivity index (χ2v) is 7.64. The van der Waals surface area contributed by atoms with Crippen molar-refractivity contribution in [3.63, 3.8) is 0 Å². The average Bonchev–Trinajstić information content (AvgIpc) is 3.20. The molecule has 7 heteroatoms. The van der Waals surface area contributed by atoms with Crippen LogP contribution in [0.3, 0.4) is 0 Å². The molecule has 1 fully saturated rings. The maximum atomic E-state index is 13.0. The number of rotatable bonds is 4. The van der Waals surface area contributed by atoms with Gasteiger partial charge in [-0.05, 0) is 28.7 Å². The summed E-state index contributed by atoms with van der Waals surface area (Å²) < 4.78 is 4.01. The molecule has 0 radical (unpaired) electrons. The van der Waals surface area contributed by atoms with Gasteiger partial charge in [0.2, 0.25) is 0 Å². The van der Waals surface area contributed by atoms with Crippen LogP contribution in [0.1, 0.15) is 16.1 Å². The Hall–Kier alpha value is -2.28. The number of carbonyl (C=O) groups is 1. The molecular weight excluding hydrogens is 380 g/mol. The van der Waals surface area contributed by atoms with E-state index in [1.807, 2.05) is 59.5 Å². The van der Waals surface area contributed by atoms with Crippen molar-refractivity contribution in [1.82, 2.24) is 19.4 Å². The average molecular weight is 399 g/mol. The minimum atomic E-state index is -0.0417. The lowest BCUT2D eigenvalue weighted by atomic mass is 10.1. The fourth-order valence-corrected chi connectivity index (χ4v) is 4.09. The van der Waals surface area contributed by atoms with Gasteiger partial charge in [-0.3, -0.25) is 9.69 Å². The van der Waals surface area contributed by atoms with Crippen LogP contribution in [0.4, 0.5) is 0 Å². The third-order valence-corrected chi connectivity index (χ3v) is 5.88. The number of carbonyl (C=O) groups excluding carboxylic acids is 1. The van der Waals surface area contributed by atoms with Gasteiger partial charge in [0.05, 0.1) is 4.88 Å². The van der Waals surface area contributed by atoms with Crippen molar-refractivity contribution in [2.75, 3.05) is 26.2 Å². The molecule has 3 aromatic rings. The molecule has 0 N–H and O–H groups in total. The van der Waals surface area contributed by atoms with Gasteiger partial charge in [0.15, 0.2) is 5.69 Å². The molecule has 1 saturated heterocycles. The maximum Gasteiger partial charge on any atom is 0.276 e. The molecule has 27 heavy (non-hydrogen) atoms. The van der Waals surface area contributed by atoms with Crippen LogP contribution >= 0.6 is 23.1 Å². The summed E-state index contributed by atoms with van der Waals surface area (Å²) >= 11 is 7.53. The van der Waals surface area contributed by atoms with E-state index in [9.17, 15) is 4.79 Å². The number of hydrogen-bond acceptors (Lipinski definition) is 5. The molecule has 0 atom stereocenters. The van der Waals surface area contributed by atoms with Crippen molar-refractivity contribution >= 4 is 29.0 Å². The van der Waals surface area contributed by atoms with E-state index < -0.39 is 0 Å². The Labute approximate surface area is 167 Å². The van der Waals surface area contributed by atoms with Crippen LogP contribution in [0.25, 0.3) is 10.4 Å². The Balaban J connectivity index is 1.41. The summed E-state index contributed by atoms with van der Waals surface area (Å²) in [6.45, 7) is 3.78. The third-order valence-electron chi connectivity index (χ3n) is 4.74. The summed E-state index contributed by atoms with van der Waals surface area (Å²) in [5, 5.41) is 4.90. The lowest BCUT2D eigenvalue weighted by Crippen LogP contribution is -2.48. The second kappa shape index (κ2) is 8.17. The monoisotopic (exact) mass is 398 g/mol. The van der Waals surface area contributed by atoms with Crippen molar-refractivity contribution in [3.05, 3.63) is 70.9 Å². The number of hydrogen-bond donors (Lipinski definition) is 0. The highest BCUT2D eigenvalue weighted by molar-refractivity contribution is 7.09. The molecule has 5 nitrogen and oxygen atoms in total. The molecule has 2 heterocycles. The van der Waals surface area contributed by atoms with Crippen LogP contribution in [-0.2, 0) is 6.54 Å². The lowest BCUT2D eigenvalue weighted by molar-refractivity contribution is 0.0623. The first-order valence-corrected chi connectivity index (χ1v) is 10.0. The molecular formula is C20H19ClN4OS. The summed E-state index contributed by atoms with van der Waals surface area (Å²) in [5.74, 6) is -0.0417. The van der Waals surface area contributed by atoms with Crippen LogP contribution in [0.5, 0.6) is 0 Å². The van der Waals surface area contributed by atoms with Crippen molar-refractivity contribution in [3.8, 4) is 10.4 Å². The fourth-order valence-electron chi connectivity index (χ4n) is 3.24. The molecule has 1 aromatic heterocycles. The summed E-state index contributed by atoms with van der Waals surface area (Å²) in [6.07, 6.45) is 0. The smallest absolute Gasteiger partial charge is 0.276 e. The fraction of sp³-hybridized carbons (Fsp3) is 0.250. The molecule has 0 unspecified atom stereocenters. The van der Waals surface area contributed by atoms with Crippen LogP contribution in [-0.4, -0.2) is 51.5 Å². The summed E-state index contributed by atoms with van der Waals surface area (Å²) in [7, 11) is 0. The Morgan fingerprint density at radius 1 is 1.00 bits per heavy atom. The molecule has 2 aromatic carbocycles. The zero-order valence-corrected chi connectivity index (χ0v) is 16.3. The SMILES string of the molecule is O=C(c1nnsc1-c1ccccc1)N1CCN(Cc2ccccc2Cl)CC1. The molecule has 4 rings (SSSR count).